The number of benzene rings is 1. The lowest BCUT2D eigenvalue weighted by Gasteiger charge is -2.27. The first kappa shape index (κ1) is 10.6. The molecule has 0 heterocycles. The van der Waals surface area contributed by atoms with Crippen LogP contribution >= 0.6 is 0 Å². The van der Waals surface area contributed by atoms with E-state index in [4.69, 9.17) is 0 Å². The highest BCUT2D eigenvalue weighted by molar-refractivity contribution is 5.23. The van der Waals surface area contributed by atoms with Gasteiger partial charge in [0.25, 0.3) is 0 Å². The van der Waals surface area contributed by atoms with Crippen molar-refractivity contribution in [1.82, 2.24) is 0 Å². The van der Waals surface area contributed by atoms with Crippen molar-refractivity contribution in [1.29, 1.82) is 0 Å². The van der Waals surface area contributed by atoms with Gasteiger partial charge >= 0.3 is 0 Å². The van der Waals surface area contributed by atoms with Crippen LogP contribution in [-0.4, -0.2) is 11.2 Å². The molecule has 1 N–H and O–H groups in total. The molecule has 1 saturated carbocycles. The van der Waals surface area contributed by atoms with Crippen LogP contribution in [0.2, 0.25) is 0 Å². The zero-order valence-corrected chi connectivity index (χ0v) is 8.42. The van der Waals surface area contributed by atoms with Crippen LogP contribution < -0.4 is 0 Å². The number of hydrogen-bond donors (Lipinski definition) is 1. The Labute approximate surface area is 87.7 Å². The fraction of sp³-hybridized carbons (Fsp3) is 0.500. The Bertz CT molecular complexity index is 351. The molecule has 1 aliphatic carbocycles. The molecule has 1 fully saturated rings. The lowest BCUT2D eigenvalue weighted by molar-refractivity contribution is 0.106. The Kier molecular flexibility index (Phi) is 3.00. The third kappa shape index (κ3) is 2.17. The summed E-state index contributed by atoms with van der Waals surface area (Å²) in [6.07, 6.45) is 3.25. The number of aliphatic hydroxyl groups is 1. The third-order valence-corrected chi connectivity index (χ3v) is 3.10. The topological polar surface area (TPSA) is 20.2 Å². The Balaban J connectivity index is 2.24. The van der Waals surface area contributed by atoms with Crippen LogP contribution in [0, 0.1) is 11.6 Å². The van der Waals surface area contributed by atoms with Crippen LogP contribution in [0.15, 0.2) is 18.2 Å². The molecule has 0 saturated heterocycles. The second-order valence-corrected chi connectivity index (χ2v) is 4.13. The van der Waals surface area contributed by atoms with Crippen molar-refractivity contribution < 1.29 is 13.9 Å². The Morgan fingerprint density at radius 3 is 2.47 bits per heavy atom. The second kappa shape index (κ2) is 4.27. The minimum atomic E-state index is -0.830. The quantitative estimate of drug-likeness (QED) is 0.758. The van der Waals surface area contributed by atoms with Gasteiger partial charge in [0.05, 0.1) is 6.10 Å². The predicted molar refractivity (Wildman–Crippen MR) is 53.6 cm³/mol. The molecule has 2 atom stereocenters. The number of aliphatic hydroxyl groups excluding tert-OH is 1. The Morgan fingerprint density at radius 2 is 1.80 bits per heavy atom. The van der Waals surface area contributed by atoms with Gasteiger partial charge in [0.2, 0.25) is 0 Å². The van der Waals surface area contributed by atoms with E-state index < -0.39 is 17.7 Å². The van der Waals surface area contributed by atoms with Crippen LogP contribution in [0.5, 0.6) is 0 Å². The van der Waals surface area contributed by atoms with E-state index in [1.54, 1.807) is 6.07 Å². The van der Waals surface area contributed by atoms with Gasteiger partial charge in [-0.2, -0.15) is 0 Å². The average molecular weight is 212 g/mol. The maximum Gasteiger partial charge on any atom is 0.159 e. The summed E-state index contributed by atoms with van der Waals surface area (Å²) in [5.41, 5.74) is 0.709. The van der Waals surface area contributed by atoms with Crippen LogP contribution in [0.3, 0.4) is 0 Å². The van der Waals surface area contributed by atoms with Gasteiger partial charge in [0.1, 0.15) is 0 Å². The van der Waals surface area contributed by atoms with E-state index in [9.17, 15) is 13.9 Å². The van der Waals surface area contributed by atoms with Crippen molar-refractivity contribution in [2.24, 2.45) is 0 Å². The van der Waals surface area contributed by atoms with Gasteiger partial charge in [-0.25, -0.2) is 8.78 Å². The molecule has 0 spiro atoms. The van der Waals surface area contributed by atoms with E-state index in [-0.39, 0.29) is 5.92 Å². The molecule has 2 rings (SSSR count). The van der Waals surface area contributed by atoms with Crippen LogP contribution in [0.4, 0.5) is 8.78 Å². The highest BCUT2D eigenvalue weighted by atomic mass is 19.2. The summed E-state index contributed by atoms with van der Waals surface area (Å²) in [5.74, 6) is -1.69. The van der Waals surface area contributed by atoms with Crippen molar-refractivity contribution >= 4 is 0 Å². The van der Waals surface area contributed by atoms with Crippen molar-refractivity contribution in [2.45, 2.75) is 37.7 Å². The van der Waals surface area contributed by atoms with Crippen molar-refractivity contribution in [3.63, 3.8) is 0 Å². The molecule has 1 aromatic rings. The molecule has 0 unspecified atom stereocenters. The van der Waals surface area contributed by atoms with Crippen LogP contribution in [-0.2, 0) is 0 Å². The summed E-state index contributed by atoms with van der Waals surface area (Å²) >= 11 is 0. The van der Waals surface area contributed by atoms with E-state index in [2.05, 4.69) is 0 Å². The molecule has 0 aromatic heterocycles. The van der Waals surface area contributed by atoms with Gasteiger partial charge in [0, 0.05) is 5.92 Å². The highest BCUT2D eigenvalue weighted by Gasteiger charge is 2.25. The first-order valence-corrected chi connectivity index (χ1v) is 5.31. The molecule has 0 aliphatic heterocycles. The molecular weight excluding hydrogens is 198 g/mol. The third-order valence-electron chi connectivity index (χ3n) is 3.10. The monoisotopic (exact) mass is 212 g/mol. The van der Waals surface area contributed by atoms with E-state index in [1.165, 1.54) is 6.07 Å². The minimum Gasteiger partial charge on any atom is -0.392 e. The second-order valence-electron chi connectivity index (χ2n) is 4.13. The first-order valence-electron chi connectivity index (χ1n) is 5.31. The lowest BCUT2D eigenvalue weighted by atomic mass is 9.82. The zero-order chi connectivity index (χ0) is 10.8. The molecular formula is C12H14F2O. The minimum absolute atomic E-state index is 0.0335. The summed E-state index contributed by atoms with van der Waals surface area (Å²) < 4.78 is 25.7. The van der Waals surface area contributed by atoms with Crippen molar-refractivity contribution in [2.75, 3.05) is 0 Å². The molecule has 1 aromatic carbocycles. The number of halogens is 2. The SMILES string of the molecule is O[C@@H]1CCCC[C@H]1c1ccc(F)c(F)c1. The van der Waals surface area contributed by atoms with Gasteiger partial charge in [-0.05, 0) is 30.5 Å². The fourth-order valence-corrected chi connectivity index (χ4v) is 2.24. The smallest absolute Gasteiger partial charge is 0.159 e. The van der Waals surface area contributed by atoms with E-state index in [1.807, 2.05) is 0 Å². The maximum atomic E-state index is 13.0. The van der Waals surface area contributed by atoms with Gasteiger partial charge in [-0.15, -0.1) is 0 Å². The zero-order valence-electron chi connectivity index (χ0n) is 8.42. The largest absolute Gasteiger partial charge is 0.392 e. The van der Waals surface area contributed by atoms with Gasteiger partial charge in [-0.3, -0.25) is 0 Å². The predicted octanol–water partition coefficient (Wildman–Crippen LogP) is 2.98. The summed E-state index contributed by atoms with van der Waals surface area (Å²) in [6.45, 7) is 0. The van der Waals surface area contributed by atoms with Gasteiger partial charge in [-0.1, -0.05) is 18.9 Å². The molecule has 1 aliphatic rings. The van der Waals surface area contributed by atoms with E-state index in [0.717, 1.165) is 31.7 Å². The van der Waals surface area contributed by atoms with Crippen molar-refractivity contribution in [3.05, 3.63) is 35.4 Å². The highest BCUT2D eigenvalue weighted by Crippen LogP contribution is 2.33. The number of rotatable bonds is 1. The van der Waals surface area contributed by atoms with Crippen LogP contribution in [0.25, 0.3) is 0 Å². The summed E-state index contributed by atoms with van der Waals surface area (Å²) in [7, 11) is 0. The fourth-order valence-electron chi connectivity index (χ4n) is 2.24. The normalized spacial score (nSPS) is 26.6. The van der Waals surface area contributed by atoms with Gasteiger partial charge in [0.15, 0.2) is 11.6 Å². The number of hydrogen-bond acceptors (Lipinski definition) is 1. The van der Waals surface area contributed by atoms with E-state index >= 15 is 0 Å². The Morgan fingerprint density at radius 1 is 1.07 bits per heavy atom. The molecule has 0 radical (unpaired) electrons. The molecule has 15 heavy (non-hydrogen) atoms. The molecule has 1 nitrogen and oxygen atoms in total. The van der Waals surface area contributed by atoms with Gasteiger partial charge < -0.3 is 5.11 Å². The molecule has 0 bridgehead atoms. The summed E-state index contributed by atoms with van der Waals surface area (Å²) in [6, 6.07) is 3.90. The van der Waals surface area contributed by atoms with E-state index in [0.29, 0.717) is 5.56 Å². The molecule has 3 heteroatoms. The van der Waals surface area contributed by atoms with Crippen LogP contribution in [0.1, 0.15) is 37.2 Å². The summed E-state index contributed by atoms with van der Waals surface area (Å²) in [4.78, 5) is 0. The standard InChI is InChI=1S/C12H14F2O/c13-10-6-5-8(7-11(10)14)9-3-1-2-4-12(9)15/h5-7,9,12,15H,1-4H2/t9-,12+/m0/s1. The van der Waals surface area contributed by atoms with Crippen molar-refractivity contribution in [3.8, 4) is 0 Å². The molecule has 82 valence electrons. The summed E-state index contributed by atoms with van der Waals surface area (Å²) in [5, 5.41) is 9.77. The maximum absolute atomic E-state index is 13.0. The Hall–Kier alpha value is -0.960. The lowest BCUT2D eigenvalue weighted by Crippen LogP contribution is -2.22. The first-order chi connectivity index (χ1) is 7.18. The molecule has 0 amide bonds. The average Bonchev–Trinajstić information content (AvgIpc) is 2.23.